The van der Waals surface area contributed by atoms with Gasteiger partial charge < -0.3 is 19.9 Å². The average molecular weight is 416 g/mol. The fourth-order valence-corrected chi connectivity index (χ4v) is 4.21. The standard InChI is InChI=1S/C22H23F3N4O/c1-13-20(29-10-16(11-29)30-12-14-7-22(24,25)8-14)4-5-26-21(13)28-15-2-3-17-18(23)9-27-19(17)6-15/h2-6,9,14,16,27H,7-8,10-12H2,1H3,(H,26,28). The molecule has 1 aliphatic heterocycles. The third kappa shape index (κ3) is 3.60. The van der Waals surface area contributed by atoms with Gasteiger partial charge in [0.2, 0.25) is 5.92 Å². The molecule has 2 fully saturated rings. The summed E-state index contributed by atoms with van der Waals surface area (Å²) in [5, 5.41) is 3.86. The number of nitrogens with zero attached hydrogens (tertiary/aromatic N) is 2. The minimum atomic E-state index is -2.49. The number of nitrogens with one attached hydrogen (secondary N) is 2. The molecule has 8 heteroatoms. The number of aromatic nitrogens is 2. The van der Waals surface area contributed by atoms with Crippen LogP contribution in [0.3, 0.4) is 0 Å². The monoisotopic (exact) mass is 416 g/mol. The molecular formula is C22H23F3N4O. The van der Waals surface area contributed by atoms with Crippen LogP contribution in [-0.4, -0.2) is 41.7 Å². The van der Waals surface area contributed by atoms with E-state index >= 15 is 0 Å². The fourth-order valence-electron chi connectivity index (χ4n) is 4.21. The van der Waals surface area contributed by atoms with Gasteiger partial charge in [0.25, 0.3) is 0 Å². The molecule has 0 radical (unpaired) electrons. The highest BCUT2D eigenvalue weighted by molar-refractivity contribution is 5.84. The lowest BCUT2D eigenvalue weighted by Gasteiger charge is -2.43. The maximum absolute atomic E-state index is 13.6. The van der Waals surface area contributed by atoms with Crippen LogP contribution in [0.15, 0.2) is 36.7 Å². The lowest BCUT2D eigenvalue weighted by molar-refractivity contribution is -0.136. The molecule has 2 aromatic heterocycles. The summed E-state index contributed by atoms with van der Waals surface area (Å²) in [6.45, 7) is 3.89. The Bertz CT molecular complexity index is 1070. The number of pyridine rings is 1. The molecule has 0 spiro atoms. The lowest BCUT2D eigenvalue weighted by atomic mass is 9.82. The van der Waals surface area contributed by atoms with E-state index in [1.807, 2.05) is 25.1 Å². The van der Waals surface area contributed by atoms with Crippen LogP contribution in [0.5, 0.6) is 0 Å². The van der Waals surface area contributed by atoms with Gasteiger partial charge in [-0.3, -0.25) is 0 Å². The Balaban J connectivity index is 1.21. The van der Waals surface area contributed by atoms with E-state index in [2.05, 4.69) is 20.2 Å². The summed E-state index contributed by atoms with van der Waals surface area (Å²) in [6, 6.07) is 7.37. The maximum Gasteiger partial charge on any atom is 0.248 e. The van der Waals surface area contributed by atoms with Crippen molar-refractivity contribution in [2.75, 3.05) is 29.9 Å². The van der Waals surface area contributed by atoms with E-state index in [0.29, 0.717) is 12.0 Å². The molecule has 5 rings (SSSR count). The minimum Gasteiger partial charge on any atom is -0.374 e. The van der Waals surface area contributed by atoms with Crippen molar-refractivity contribution in [1.29, 1.82) is 0 Å². The topological polar surface area (TPSA) is 53.2 Å². The van der Waals surface area contributed by atoms with E-state index < -0.39 is 5.92 Å². The van der Waals surface area contributed by atoms with Gasteiger partial charge in [0.05, 0.1) is 18.2 Å². The highest BCUT2D eigenvalue weighted by Crippen LogP contribution is 2.42. The molecular weight excluding hydrogens is 393 g/mol. The Labute approximate surface area is 172 Å². The molecule has 2 N–H and O–H groups in total. The summed E-state index contributed by atoms with van der Waals surface area (Å²) >= 11 is 0. The van der Waals surface area contributed by atoms with Crippen LogP contribution in [0.25, 0.3) is 10.9 Å². The summed E-state index contributed by atoms with van der Waals surface area (Å²) in [5.41, 5.74) is 3.61. The number of hydrogen-bond acceptors (Lipinski definition) is 4. The number of hydrogen-bond donors (Lipinski definition) is 2. The van der Waals surface area contributed by atoms with E-state index in [1.165, 1.54) is 6.20 Å². The molecule has 3 heterocycles. The van der Waals surface area contributed by atoms with Crippen molar-refractivity contribution in [3.63, 3.8) is 0 Å². The first kappa shape index (κ1) is 19.2. The highest BCUT2D eigenvalue weighted by atomic mass is 19.3. The molecule has 0 amide bonds. The maximum atomic E-state index is 13.6. The van der Waals surface area contributed by atoms with Crippen molar-refractivity contribution in [3.05, 3.63) is 48.0 Å². The highest BCUT2D eigenvalue weighted by Gasteiger charge is 2.45. The molecule has 1 saturated carbocycles. The Hall–Kier alpha value is -2.74. The largest absolute Gasteiger partial charge is 0.374 e. The molecule has 158 valence electrons. The van der Waals surface area contributed by atoms with E-state index in [0.717, 1.165) is 41.4 Å². The van der Waals surface area contributed by atoms with E-state index in [1.54, 1.807) is 12.3 Å². The number of fused-ring (bicyclic) bond motifs is 1. The van der Waals surface area contributed by atoms with Gasteiger partial charge >= 0.3 is 0 Å². The van der Waals surface area contributed by atoms with Gasteiger partial charge in [0, 0.05) is 60.6 Å². The first-order chi connectivity index (χ1) is 14.4. The van der Waals surface area contributed by atoms with Gasteiger partial charge in [-0.2, -0.15) is 0 Å². The van der Waals surface area contributed by atoms with Crippen molar-refractivity contribution in [1.82, 2.24) is 9.97 Å². The first-order valence-corrected chi connectivity index (χ1v) is 10.1. The van der Waals surface area contributed by atoms with Gasteiger partial charge in [-0.05, 0) is 37.1 Å². The summed E-state index contributed by atoms with van der Waals surface area (Å²) in [6.07, 6.45) is 3.07. The van der Waals surface area contributed by atoms with Crippen LogP contribution >= 0.6 is 0 Å². The Morgan fingerprint density at radius 3 is 2.83 bits per heavy atom. The quantitative estimate of drug-likeness (QED) is 0.594. The van der Waals surface area contributed by atoms with Crippen molar-refractivity contribution < 1.29 is 17.9 Å². The predicted octanol–water partition coefficient (Wildman–Crippen LogP) is 5.00. The molecule has 0 unspecified atom stereocenters. The molecule has 1 aromatic carbocycles. The van der Waals surface area contributed by atoms with Gasteiger partial charge in [-0.1, -0.05) is 0 Å². The van der Waals surface area contributed by atoms with Crippen LogP contribution in [0.4, 0.5) is 30.4 Å². The molecule has 1 aliphatic carbocycles. The SMILES string of the molecule is Cc1c(N2CC(OCC3CC(F)(F)C3)C2)ccnc1Nc1ccc2c(F)c[nH]c2c1. The second kappa shape index (κ2) is 7.19. The zero-order chi connectivity index (χ0) is 20.9. The normalized spacial score (nSPS) is 19.0. The third-order valence-electron chi connectivity index (χ3n) is 6.00. The second-order valence-electron chi connectivity index (χ2n) is 8.32. The number of ether oxygens (including phenoxy) is 1. The van der Waals surface area contributed by atoms with Crippen molar-refractivity contribution in [3.8, 4) is 0 Å². The molecule has 1 saturated heterocycles. The van der Waals surface area contributed by atoms with Gasteiger partial charge in [0.15, 0.2) is 0 Å². The van der Waals surface area contributed by atoms with Gasteiger partial charge in [0.1, 0.15) is 11.6 Å². The first-order valence-electron chi connectivity index (χ1n) is 10.1. The van der Waals surface area contributed by atoms with E-state index in [-0.39, 0.29) is 30.7 Å². The molecule has 0 atom stereocenters. The van der Waals surface area contributed by atoms with Gasteiger partial charge in [-0.25, -0.2) is 18.2 Å². The molecule has 30 heavy (non-hydrogen) atoms. The van der Waals surface area contributed by atoms with Crippen molar-refractivity contribution in [2.24, 2.45) is 5.92 Å². The smallest absolute Gasteiger partial charge is 0.248 e. The van der Waals surface area contributed by atoms with Crippen LogP contribution in [0.2, 0.25) is 0 Å². The predicted molar refractivity (Wildman–Crippen MR) is 110 cm³/mol. The zero-order valence-corrected chi connectivity index (χ0v) is 16.6. The average Bonchev–Trinajstić information content (AvgIpc) is 3.02. The number of alkyl halides is 2. The summed E-state index contributed by atoms with van der Waals surface area (Å²) in [5.74, 6) is -2.04. The summed E-state index contributed by atoms with van der Waals surface area (Å²) < 4.78 is 45.3. The van der Waals surface area contributed by atoms with Gasteiger partial charge in [-0.15, -0.1) is 0 Å². The van der Waals surface area contributed by atoms with E-state index in [4.69, 9.17) is 4.74 Å². The van der Waals surface area contributed by atoms with Crippen molar-refractivity contribution in [2.45, 2.75) is 31.8 Å². The number of rotatable bonds is 6. The molecule has 2 aliphatic rings. The summed E-state index contributed by atoms with van der Waals surface area (Å²) in [7, 11) is 0. The van der Waals surface area contributed by atoms with Crippen LogP contribution in [-0.2, 0) is 4.74 Å². The fraction of sp³-hybridized carbons (Fsp3) is 0.409. The molecule has 0 bridgehead atoms. The summed E-state index contributed by atoms with van der Waals surface area (Å²) in [4.78, 5) is 9.56. The zero-order valence-electron chi connectivity index (χ0n) is 16.6. The Kier molecular flexibility index (Phi) is 4.61. The second-order valence-corrected chi connectivity index (χ2v) is 8.32. The number of anilines is 3. The van der Waals surface area contributed by atoms with Crippen LogP contribution in [0.1, 0.15) is 18.4 Å². The third-order valence-corrected chi connectivity index (χ3v) is 6.00. The lowest BCUT2D eigenvalue weighted by Crippen LogP contribution is -2.53. The molecule has 5 nitrogen and oxygen atoms in total. The van der Waals surface area contributed by atoms with Crippen molar-refractivity contribution >= 4 is 28.1 Å². The Morgan fingerprint density at radius 1 is 1.27 bits per heavy atom. The van der Waals surface area contributed by atoms with E-state index in [9.17, 15) is 13.2 Å². The van der Waals surface area contributed by atoms with Crippen LogP contribution in [0, 0.1) is 18.7 Å². The number of aromatic amines is 1. The molecule has 3 aromatic rings. The number of H-pyrrole nitrogens is 1. The Morgan fingerprint density at radius 2 is 2.07 bits per heavy atom. The van der Waals surface area contributed by atoms with Crippen LogP contribution < -0.4 is 10.2 Å². The number of benzene rings is 1. The number of halogens is 3. The minimum absolute atomic E-state index is 0.0157.